The summed E-state index contributed by atoms with van der Waals surface area (Å²) in [4.78, 5) is 0. The Morgan fingerprint density at radius 2 is 1.52 bits per heavy atom. The highest BCUT2D eigenvalue weighted by molar-refractivity contribution is 7.86. The quantitative estimate of drug-likeness (QED) is 0.427. The predicted molar refractivity (Wildman–Crippen MR) is 102 cm³/mol. The molecule has 0 aromatic heterocycles. The minimum absolute atomic E-state index is 0.245. The number of rotatable bonds is 6. The van der Waals surface area contributed by atoms with Crippen LogP contribution in [0.2, 0.25) is 5.02 Å². The first-order chi connectivity index (χ1) is 11.8. The normalized spacial score (nSPS) is 13.0. The van der Waals surface area contributed by atoms with Crippen LogP contribution in [0.25, 0.3) is 0 Å². The van der Waals surface area contributed by atoms with Gasteiger partial charge in [0.25, 0.3) is 0 Å². The summed E-state index contributed by atoms with van der Waals surface area (Å²) in [5, 5.41) is 9.25. The summed E-state index contributed by atoms with van der Waals surface area (Å²) in [5.41, 5.74) is 3.21. The fourth-order valence-electron chi connectivity index (χ4n) is 1.94. The topological polar surface area (TPSA) is 68.1 Å². The van der Waals surface area contributed by atoms with Gasteiger partial charge >= 0.3 is 10.1 Å². The molecule has 0 bridgehead atoms. The van der Waals surface area contributed by atoms with E-state index in [0.717, 1.165) is 29.5 Å². The molecule has 0 atom stereocenters. The maximum absolute atomic E-state index is 11.2. The molecule has 0 unspecified atom stereocenters. The molecule has 25 heavy (non-hydrogen) atoms. The van der Waals surface area contributed by atoms with Crippen LogP contribution < -0.4 is 4.18 Å². The van der Waals surface area contributed by atoms with Crippen LogP contribution in [0.4, 0.5) is 0 Å². The van der Waals surface area contributed by atoms with Gasteiger partial charge in [0, 0.05) is 21.9 Å². The number of benzene rings is 2. The van der Waals surface area contributed by atoms with Gasteiger partial charge in [0.2, 0.25) is 0 Å². The van der Waals surface area contributed by atoms with Crippen molar-refractivity contribution in [2.24, 2.45) is 10.2 Å². The molecule has 0 saturated heterocycles. The van der Waals surface area contributed by atoms with E-state index in [2.05, 4.69) is 10.2 Å². The summed E-state index contributed by atoms with van der Waals surface area (Å²) >= 11 is 5.95. The van der Waals surface area contributed by atoms with Crippen LogP contribution in [0.3, 0.4) is 0 Å². The van der Waals surface area contributed by atoms with Gasteiger partial charge in [-0.15, -0.1) is 5.10 Å². The third-order valence-corrected chi connectivity index (χ3v) is 4.07. The first-order valence-electron chi connectivity index (χ1n) is 7.65. The van der Waals surface area contributed by atoms with Crippen molar-refractivity contribution in [2.75, 3.05) is 6.26 Å². The first kappa shape index (κ1) is 19.1. The summed E-state index contributed by atoms with van der Waals surface area (Å²) in [5.74, 6) is 0.245. The van der Waals surface area contributed by atoms with Crippen molar-refractivity contribution in [3.8, 4) is 5.75 Å². The molecule has 132 valence electrons. The molecule has 0 saturated carbocycles. The highest BCUT2D eigenvalue weighted by Crippen LogP contribution is 2.19. The molecule has 0 radical (unpaired) electrons. The van der Waals surface area contributed by atoms with E-state index in [-0.39, 0.29) is 5.75 Å². The SMILES string of the molecule is CC/C(C)=N\N=C(\c1ccc(Cl)cc1)c1ccc(OS(C)(=O)=O)cc1. The van der Waals surface area contributed by atoms with Crippen molar-refractivity contribution in [3.05, 3.63) is 64.7 Å². The Morgan fingerprint density at radius 3 is 2.00 bits per heavy atom. The molecule has 5 nitrogen and oxygen atoms in total. The molecular formula is C18H19ClN2O3S. The standard InChI is InChI=1S/C18H19ClN2O3S/c1-4-13(2)20-21-18(14-5-9-16(19)10-6-14)15-7-11-17(12-8-15)24-25(3,22)23/h5-12H,4H2,1-3H3/b20-13-,21-18-. The van der Waals surface area contributed by atoms with Gasteiger partial charge in [0.1, 0.15) is 11.5 Å². The van der Waals surface area contributed by atoms with Crippen LogP contribution in [0.15, 0.2) is 58.7 Å². The summed E-state index contributed by atoms with van der Waals surface area (Å²) in [6, 6.07) is 13.9. The first-order valence-corrected chi connectivity index (χ1v) is 9.85. The minimum atomic E-state index is -3.56. The van der Waals surface area contributed by atoms with E-state index >= 15 is 0 Å². The lowest BCUT2D eigenvalue weighted by Gasteiger charge is -2.08. The average Bonchev–Trinajstić information content (AvgIpc) is 2.56. The lowest BCUT2D eigenvalue weighted by Crippen LogP contribution is -2.07. The monoisotopic (exact) mass is 378 g/mol. The molecule has 0 N–H and O–H groups in total. The van der Waals surface area contributed by atoms with E-state index in [9.17, 15) is 8.42 Å². The van der Waals surface area contributed by atoms with Crippen molar-refractivity contribution < 1.29 is 12.6 Å². The molecule has 0 heterocycles. The van der Waals surface area contributed by atoms with E-state index in [1.54, 1.807) is 36.4 Å². The van der Waals surface area contributed by atoms with Crippen molar-refractivity contribution in [1.29, 1.82) is 0 Å². The Balaban J connectivity index is 2.43. The number of hydrogen-bond donors (Lipinski definition) is 0. The maximum Gasteiger partial charge on any atom is 0.306 e. The molecule has 0 spiro atoms. The van der Waals surface area contributed by atoms with Crippen LogP contribution in [-0.4, -0.2) is 26.1 Å². The zero-order valence-electron chi connectivity index (χ0n) is 14.2. The van der Waals surface area contributed by atoms with Crippen LogP contribution in [0, 0.1) is 0 Å². The van der Waals surface area contributed by atoms with Gasteiger partial charge in [0.05, 0.1) is 6.26 Å². The second kappa shape index (κ2) is 8.27. The fraction of sp³-hybridized carbons (Fsp3) is 0.222. The fourth-order valence-corrected chi connectivity index (χ4v) is 2.53. The van der Waals surface area contributed by atoms with Gasteiger partial charge in [0.15, 0.2) is 0 Å². The van der Waals surface area contributed by atoms with E-state index < -0.39 is 10.1 Å². The van der Waals surface area contributed by atoms with Crippen LogP contribution >= 0.6 is 11.6 Å². The van der Waals surface area contributed by atoms with Gasteiger partial charge in [-0.05, 0) is 49.7 Å². The zero-order valence-corrected chi connectivity index (χ0v) is 15.8. The molecule has 7 heteroatoms. The van der Waals surface area contributed by atoms with Crippen LogP contribution in [0.5, 0.6) is 5.75 Å². The Bertz CT molecular complexity index is 887. The number of hydrogen-bond acceptors (Lipinski definition) is 5. The molecular weight excluding hydrogens is 360 g/mol. The lowest BCUT2D eigenvalue weighted by atomic mass is 10.0. The molecule has 2 aromatic carbocycles. The van der Waals surface area contributed by atoms with Crippen molar-refractivity contribution in [1.82, 2.24) is 0 Å². The lowest BCUT2D eigenvalue weighted by molar-refractivity contribution is 0.493. The van der Waals surface area contributed by atoms with Crippen LogP contribution in [0.1, 0.15) is 31.4 Å². The maximum atomic E-state index is 11.2. The largest absolute Gasteiger partial charge is 0.383 e. The molecule has 0 aliphatic rings. The van der Waals surface area contributed by atoms with Gasteiger partial charge in [-0.2, -0.15) is 13.5 Å². The molecule has 0 aliphatic heterocycles. The Morgan fingerprint density at radius 1 is 1.00 bits per heavy atom. The van der Waals surface area contributed by atoms with E-state index in [0.29, 0.717) is 10.7 Å². The van der Waals surface area contributed by atoms with Gasteiger partial charge < -0.3 is 4.18 Å². The van der Waals surface area contributed by atoms with Crippen molar-refractivity contribution in [3.63, 3.8) is 0 Å². The highest BCUT2D eigenvalue weighted by Gasteiger charge is 2.10. The van der Waals surface area contributed by atoms with Crippen molar-refractivity contribution in [2.45, 2.75) is 20.3 Å². The Labute approximate surface area is 153 Å². The number of nitrogens with zero attached hydrogens (tertiary/aromatic N) is 2. The molecule has 0 fully saturated rings. The summed E-state index contributed by atoms with van der Waals surface area (Å²) in [6.45, 7) is 3.92. The summed E-state index contributed by atoms with van der Waals surface area (Å²) < 4.78 is 27.3. The highest BCUT2D eigenvalue weighted by atomic mass is 35.5. The van der Waals surface area contributed by atoms with E-state index in [4.69, 9.17) is 15.8 Å². The molecule has 2 aromatic rings. The van der Waals surface area contributed by atoms with Gasteiger partial charge in [-0.3, -0.25) is 0 Å². The smallest absolute Gasteiger partial charge is 0.306 e. The Hall–Kier alpha value is -2.18. The zero-order chi connectivity index (χ0) is 18.4. The summed E-state index contributed by atoms with van der Waals surface area (Å²) in [7, 11) is -3.56. The number of halogens is 1. The third kappa shape index (κ3) is 5.99. The second-order valence-electron chi connectivity index (χ2n) is 5.46. The van der Waals surface area contributed by atoms with E-state index in [1.807, 2.05) is 26.0 Å². The Kier molecular flexibility index (Phi) is 6.33. The average molecular weight is 379 g/mol. The predicted octanol–water partition coefficient (Wildman–Crippen LogP) is 4.30. The van der Waals surface area contributed by atoms with E-state index in [1.165, 1.54) is 0 Å². The minimum Gasteiger partial charge on any atom is -0.383 e. The molecule has 2 rings (SSSR count). The van der Waals surface area contributed by atoms with Gasteiger partial charge in [-0.1, -0.05) is 30.7 Å². The van der Waals surface area contributed by atoms with Crippen LogP contribution in [-0.2, 0) is 10.1 Å². The second-order valence-corrected chi connectivity index (χ2v) is 7.47. The molecule has 0 amide bonds. The van der Waals surface area contributed by atoms with Gasteiger partial charge in [-0.25, -0.2) is 0 Å². The third-order valence-electron chi connectivity index (χ3n) is 3.33. The van der Waals surface area contributed by atoms with Crippen molar-refractivity contribution >= 4 is 33.1 Å². The molecule has 0 aliphatic carbocycles. The summed E-state index contributed by atoms with van der Waals surface area (Å²) in [6.07, 6.45) is 1.81.